The summed E-state index contributed by atoms with van der Waals surface area (Å²) in [6.07, 6.45) is 9.19. The van der Waals surface area contributed by atoms with Crippen LogP contribution in [0.3, 0.4) is 0 Å². The number of nitrogens with zero attached hydrogens (tertiary/aromatic N) is 1. The highest BCUT2D eigenvalue weighted by atomic mass is 16.1. The molecule has 1 aromatic heterocycles. The van der Waals surface area contributed by atoms with Crippen LogP contribution < -0.4 is 5.32 Å². The van der Waals surface area contributed by atoms with Crippen LogP contribution in [0.1, 0.15) is 29.4 Å². The lowest BCUT2D eigenvalue weighted by atomic mass is 10.1. The maximum atomic E-state index is 11.5. The van der Waals surface area contributed by atoms with E-state index in [1.54, 1.807) is 6.07 Å². The normalized spacial score (nSPS) is 17.3. The van der Waals surface area contributed by atoms with Gasteiger partial charge in [0.15, 0.2) is 0 Å². The van der Waals surface area contributed by atoms with Crippen LogP contribution >= 0.6 is 0 Å². The molecule has 1 saturated heterocycles. The van der Waals surface area contributed by atoms with Crippen molar-refractivity contribution in [1.82, 2.24) is 9.88 Å². The maximum Gasteiger partial charge on any atom is 0.252 e. The summed E-state index contributed by atoms with van der Waals surface area (Å²) in [6, 6.07) is 4.09. The highest BCUT2D eigenvalue weighted by Crippen LogP contribution is 2.21. The number of hydrogen-bond acceptors (Lipinski definition) is 2. The number of rotatable bonds is 2. The van der Waals surface area contributed by atoms with Crippen LogP contribution in [0, 0.1) is 12.3 Å². The van der Waals surface area contributed by atoms with E-state index in [2.05, 4.69) is 11.2 Å². The lowest BCUT2D eigenvalue weighted by Crippen LogP contribution is -2.30. The third-order valence-electron chi connectivity index (χ3n) is 2.84. The summed E-state index contributed by atoms with van der Waals surface area (Å²) in [6.45, 7) is 2.01. The number of piperidine rings is 1. The summed E-state index contributed by atoms with van der Waals surface area (Å²) in [5.41, 5.74) is 0.643. The molecule has 1 aliphatic rings. The van der Waals surface area contributed by atoms with Gasteiger partial charge in [0.25, 0.3) is 5.78 Å². The Hall–Kier alpha value is -1.53. The van der Waals surface area contributed by atoms with Crippen molar-refractivity contribution in [3.8, 4) is 12.3 Å². The van der Waals surface area contributed by atoms with Crippen molar-refractivity contribution in [3.63, 3.8) is 0 Å². The first-order chi connectivity index (χ1) is 7.33. The van der Waals surface area contributed by atoms with Crippen LogP contribution in [0.2, 0.25) is 0 Å². The van der Waals surface area contributed by atoms with E-state index in [0.29, 0.717) is 11.7 Å². The number of terminal acetylenes is 1. The molecule has 1 fully saturated rings. The first-order valence-corrected chi connectivity index (χ1v) is 5.21. The van der Waals surface area contributed by atoms with Crippen molar-refractivity contribution < 1.29 is 4.79 Å². The largest absolute Gasteiger partial charge is 0.341 e. The standard InChI is InChI=1S/C12H14N2O/c1-2-12(15)11-4-3-9-14(11)10-5-7-13-8-6-10/h1,3-4,9-10,13H,5-8H2. The van der Waals surface area contributed by atoms with E-state index in [0.717, 1.165) is 25.9 Å². The molecule has 1 aromatic rings. The first-order valence-electron chi connectivity index (χ1n) is 5.21. The van der Waals surface area contributed by atoms with Gasteiger partial charge in [0.05, 0.1) is 5.69 Å². The molecule has 0 spiro atoms. The quantitative estimate of drug-likeness (QED) is 0.444. The Kier molecular flexibility index (Phi) is 2.89. The van der Waals surface area contributed by atoms with Crippen molar-refractivity contribution in [2.45, 2.75) is 18.9 Å². The summed E-state index contributed by atoms with van der Waals surface area (Å²) in [5.74, 6) is 1.95. The topological polar surface area (TPSA) is 34.0 Å². The lowest BCUT2D eigenvalue weighted by molar-refractivity contribution is 0.104. The molecule has 0 aromatic carbocycles. The second-order valence-electron chi connectivity index (χ2n) is 3.76. The van der Waals surface area contributed by atoms with Crippen molar-refractivity contribution in [2.24, 2.45) is 0 Å². The molecule has 0 aliphatic carbocycles. The Bertz CT molecular complexity index is 394. The number of ketones is 1. The third kappa shape index (κ3) is 1.95. The molecule has 0 unspecified atom stereocenters. The molecule has 0 radical (unpaired) electrons. The molecule has 1 N–H and O–H groups in total. The van der Waals surface area contributed by atoms with Gasteiger partial charge in [-0.3, -0.25) is 4.79 Å². The Morgan fingerprint density at radius 3 is 2.93 bits per heavy atom. The molecule has 0 amide bonds. The van der Waals surface area contributed by atoms with Crippen LogP contribution in [0.25, 0.3) is 0 Å². The van der Waals surface area contributed by atoms with Crippen molar-refractivity contribution in [1.29, 1.82) is 0 Å². The molecule has 0 atom stereocenters. The fourth-order valence-electron chi connectivity index (χ4n) is 2.06. The zero-order valence-corrected chi connectivity index (χ0v) is 8.57. The smallest absolute Gasteiger partial charge is 0.252 e. The SMILES string of the molecule is C#CC(=O)c1cccn1C1CCNCC1. The first kappa shape index (κ1) is 10.0. The average molecular weight is 202 g/mol. The third-order valence-corrected chi connectivity index (χ3v) is 2.84. The zero-order valence-electron chi connectivity index (χ0n) is 8.57. The summed E-state index contributed by atoms with van der Waals surface area (Å²) in [7, 11) is 0. The monoisotopic (exact) mass is 202 g/mol. The van der Waals surface area contributed by atoms with E-state index in [9.17, 15) is 4.79 Å². The molecular formula is C12H14N2O. The van der Waals surface area contributed by atoms with Gasteiger partial charge in [-0.2, -0.15) is 0 Å². The van der Waals surface area contributed by atoms with Gasteiger partial charge in [-0.1, -0.05) is 0 Å². The molecule has 3 nitrogen and oxygen atoms in total. The molecular weight excluding hydrogens is 188 g/mol. The Balaban J connectivity index is 2.24. The van der Waals surface area contributed by atoms with E-state index in [-0.39, 0.29) is 5.78 Å². The highest BCUT2D eigenvalue weighted by molar-refractivity contribution is 6.07. The van der Waals surface area contributed by atoms with Crippen LogP contribution in [-0.4, -0.2) is 23.4 Å². The molecule has 0 bridgehead atoms. The molecule has 3 heteroatoms. The number of carbonyl (C=O) groups excluding carboxylic acids is 1. The second-order valence-corrected chi connectivity index (χ2v) is 3.76. The van der Waals surface area contributed by atoms with Crippen LogP contribution in [0.15, 0.2) is 18.3 Å². The molecule has 0 saturated carbocycles. The summed E-state index contributed by atoms with van der Waals surface area (Å²) in [4.78, 5) is 11.5. The molecule has 2 rings (SSSR count). The highest BCUT2D eigenvalue weighted by Gasteiger charge is 2.18. The molecule has 1 aliphatic heterocycles. The van der Waals surface area contributed by atoms with Gasteiger partial charge in [-0.15, -0.1) is 6.42 Å². The number of Topliss-reactive ketones (excluding diaryl/α,β-unsaturated/α-hetero) is 1. The van der Waals surface area contributed by atoms with Gasteiger partial charge in [0.2, 0.25) is 0 Å². The minimum Gasteiger partial charge on any atom is -0.341 e. The Morgan fingerprint density at radius 1 is 1.53 bits per heavy atom. The number of hydrogen-bond donors (Lipinski definition) is 1. The predicted molar refractivity (Wildman–Crippen MR) is 58.7 cm³/mol. The van der Waals surface area contributed by atoms with Gasteiger partial charge < -0.3 is 9.88 Å². The fourth-order valence-corrected chi connectivity index (χ4v) is 2.06. The van der Waals surface area contributed by atoms with Crippen molar-refractivity contribution in [2.75, 3.05) is 13.1 Å². The van der Waals surface area contributed by atoms with Gasteiger partial charge in [-0.25, -0.2) is 0 Å². The minimum atomic E-state index is -0.224. The van der Waals surface area contributed by atoms with E-state index in [4.69, 9.17) is 6.42 Å². The van der Waals surface area contributed by atoms with E-state index in [1.807, 2.05) is 16.8 Å². The second kappa shape index (κ2) is 4.33. The van der Waals surface area contributed by atoms with Crippen LogP contribution in [0.5, 0.6) is 0 Å². The van der Waals surface area contributed by atoms with Gasteiger partial charge in [-0.05, 0) is 44.0 Å². The average Bonchev–Trinajstić information content (AvgIpc) is 2.78. The lowest BCUT2D eigenvalue weighted by Gasteiger charge is -2.25. The Morgan fingerprint density at radius 2 is 2.27 bits per heavy atom. The number of carbonyl (C=O) groups is 1. The van der Waals surface area contributed by atoms with Gasteiger partial charge in [0, 0.05) is 12.2 Å². The maximum absolute atomic E-state index is 11.5. The zero-order chi connectivity index (χ0) is 10.7. The Labute approximate surface area is 89.5 Å². The van der Waals surface area contributed by atoms with Crippen LogP contribution in [0.4, 0.5) is 0 Å². The molecule has 78 valence electrons. The summed E-state index contributed by atoms with van der Waals surface area (Å²) < 4.78 is 2.02. The van der Waals surface area contributed by atoms with E-state index >= 15 is 0 Å². The van der Waals surface area contributed by atoms with Crippen LogP contribution in [-0.2, 0) is 0 Å². The van der Waals surface area contributed by atoms with Gasteiger partial charge >= 0.3 is 0 Å². The fraction of sp³-hybridized carbons (Fsp3) is 0.417. The minimum absolute atomic E-state index is 0.224. The molecule has 15 heavy (non-hydrogen) atoms. The molecule has 2 heterocycles. The summed E-state index contributed by atoms with van der Waals surface area (Å²) in [5, 5.41) is 3.30. The van der Waals surface area contributed by atoms with E-state index < -0.39 is 0 Å². The number of nitrogens with one attached hydrogen (secondary N) is 1. The summed E-state index contributed by atoms with van der Waals surface area (Å²) >= 11 is 0. The van der Waals surface area contributed by atoms with Crippen molar-refractivity contribution >= 4 is 5.78 Å². The predicted octanol–water partition coefficient (Wildman–Crippen LogP) is 1.23. The van der Waals surface area contributed by atoms with E-state index in [1.165, 1.54) is 0 Å². The number of aromatic nitrogens is 1. The van der Waals surface area contributed by atoms with Crippen molar-refractivity contribution in [3.05, 3.63) is 24.0 Å². The van der Waals surface area contributed by atoms with Gasteiger partial charge in [0.1, 0.15) is 0 Å².